The highest BCUT2D eigenvalue weighted by molar-refractivity contribution is 5.97. The van der Waals surface area contributed by atoms with Crippen LogP contribution < -0.4 is 66.3 Å². The van der Waals surface area contributed by atoms with Gasteiger partial charge in [-0.25, -0.2) is 0 Å². The molecule has 0 saturated heterocycles. The minimum absolute atomic E-state index is 0.405. The third-order valence-electron chi connectivity index (χ3n) is 7.51. The van der Waals surface area contributed by atoms with E-state index in [2.05, 4.69) is 26.6 Å². The average Bonchev–Trinajstić information content (AvgIpc) is 3.10. The van der Waals surface area contributed by atoms with Crippen molar-refractivity contribution in [3.05, 3.63) is 0 Å². The molecule has 0 aromatic rings. The van der Waals surface area contributed by atoms with Crippen LogP contribution in [0.5, 0.6) is 0 Å². The number of hydrogen-bond acceptors (Lipinski definition) is 14. The Labute approximate surface area is 318 Å². The SMILES string of the molecule is NC(=O)CC[C@H](NC(=O)[C@H](CCC(N)=O)NC(=O)[C@H](CCC(N)=O)NC(=O)[C@H](CCC(N)=O)NC(=O)[C@H](CCC(N)=O)NC(=O)[C@@H](N)CO)C(=O)NCC(=O)O. The number of rotatable bonds is 29. The molecular formula is C30H50N12O14. The number of primary amides is 5. The van der Waals surface area contributed by atoms with E-state index in [1.807, 2.05) is 5.32 Å². The first-order valence-corrected chi connectivity index (χ1v) is 16.9. The van der Waals surface area contributed by atoms with Gasteiger partial charge in [-0.1, -0.05) is 0 Å². The fourth-order valence-electron chi connectivity index (χ4n) is 4.51. The van der Waals surface area contributed by atoms with Gasteiger partial charge in [-0.05, 0) is 32.1 Å². The van der Waals surface area contributed by atoms with Crippen molar-refractivity contribution in [1.82, 2.24) is 31.9 Å². The number of carboxylic acids is 1. The first-order valence-electron chi connectivity index (χ1n) is 16.9. The number of aliphatic hydroxyl groups is 1. The lowest BCUT2D eigenvalue weighted by molar-refractivity contribution is -0.139. The van der Waals surface area contributed by atoms with E-state index in [0.717, 1.165) is 0 Å². The molecule has 0 heterocycles. The topological polar surface area (TPSA) is 474 Å². The third-order valence-corrected chi connectivity index (χ3v) is 7.51. The van der Waals surface area contributed by atoms with Gasteiger partial charge >= 0.3 is 5.97 Å². The second kappa shape index (κ2) is 25.6. The second-order valence-electron chi connectivity index (χ2n) is 12.2. The summed E-state index contributed by atoms with van der Waals surface area (Å²) < 4.78 is 0. The van der Waals surface area contributed by atoms with Crippen LogP contribution in [0.4, 0.5) is 0 Å². The van der Waals surface area contributed by atoms with Gasteiger partial charge in [0.05, 0.1) is 6.61 Å². The Morgan fingerprint density at radius 3 is 0.857 bits per heavy atom. The third kappa shape index (κ3) is 21.3. The number of carboxylic acid groups (broad SMARTS) is 1. The lowest BCUT2D eigenvalue weighted by atomic mass is 10.0. The Hall–Kier alpha value is -6.44. The minimum atomic E-state index is -1.73. The van der Waals surface area contributed by atoms with E-state index < -0.39 is 185 Å². The normalized spacial score (nSPS) is 13.8. The van der Waals surface area contributed by atoms with Gasteiger partial charge in [0, 0.05) is 32.1 Å². The van der Waals surface area contributed by atoms with E-state index in [4.69, 9.17) is 39.5 Å². The van der Waals surface area contributed by atoms with Crippen molar-refractivity contribution >= 4 is 70.9 Å². The van der Waals surface area contributed by atoms with Crippen molar-refractivity contribution in [2.24, 2.45) is 34.4 Å². The molecule has 0 rings (SSSR count). The van der Waals surface area contributed by atoms with E-state index in [9.17, 15) is 62.6 Å². The van der Waals surface area contributed by atoms with Gasteiger partial charge in [-0.15, -0.1) is 0 Å². The van der Waals surface area contributed by atoms with E-state index in [-0.39, 0.29) is 0 Å². The van der Waals surface area contributed by atoms with Gasteiger partial charge in [0.15, 0.2) is 0 Å². The summed E-state index contributed by atoms with van der Waals surface area (Å²) in [5.41, 5.74) is 31.4. The number of nitrogens with two attached hydrogens (primary N) is 6. The van der Waals surface area contributed by atoms with Gasteiger partial charge in [-0.3, -0.25) is 57.5 Å². The molecule has 0 aliphatic rings. The fraction of sp³-hybridized carbons (Fsp3) is 0.600. The quantitative estimate of drug-likeness (QED) is 0.0334. The molecule has 6 atom stereocenters. The van der Waals surface area contributed by atoms with Crippen LogP contribution >= 0.6 is 0 Å². The van der Waals surface area contributed by atoms with Gasteiger partial charge in [0.1, 0.15) is 42.8 Å². The van der Waals surface area contributed by atoms with Crippen LogP contribution in [0.1, 0.15) is 64.2 Å². The molecule has 314 valence electrons. The van der Waals surface area contributed by atoms with E-state index >= 15 is 0 Å². The molecule has 56 heavy (non-hydrogen) atoms. The number of aliphatic hydroxyl groups excluding tert-OH is 1. The van der Waals surface area contributed by atoms with Crippen LogP contribution in [0.3, 0.4) is 0 Å². The van der Waals surface area contributed by atoms with Crippen molar-refractivity contribution < 1.29 is 67.7 Å². The van der Waals surface area contributed by atoms with Crippen LogP contribution in [-0.4, -0.2) is 131 Å². The molecule has 0 aliphatic heterocycles. The van der Waals surface area contributed by atoms with Gasteiger partial charge in [0.25, 0.3) is 0 Å². The number of hydrogen-bond donors (Lipinski definition) is 14. The van der Waals surface area contributed by atoms with E-state index in [1.54, 1.807) is 0 Å². The van der Waals surface area contributed by atoms with Crippen LogP contribution in [-0.2, 0) is 57.5 Å². The van der Waals surface area contributed by atoms with Crippen LogP contribution in [0.25, 0.3) is 0 Å². The number of nitrogens with one attached hydrogen (secondary N) is 6. The maximum absolute atomic E-state index is 13.6. The molecule has 0 aromatic heterocycles. The molecule has 0 spiro atoms. The molecule has 0 fully saturated rings. The van der Waals surface area contributed by atoms with E-state index in [0.29, 0.717) is 0 Å². The van der Waals surface area contributed by atoms with Crippen molar-refractivity contribution in [2.45, 2.75) is 100 Å². The standard InChI is InChI=1S/C30H50N12O14/c31-13(12-43)25(51)38-15(2-7-20(33)45)27(53)40-17(4-9-22(35)47)29(55)42-18(5-10-23(36)48)30(56)41-16(3-8-21(34)46)28(54)39-14(1-6-19(32)44)26(52)37-11-24(49)50/h13-18,43H,1-12,31H2,(H2,32,44)(H2,33,45)(H2,34,46)(H2,35,47)(H2,36,48)(H,37,52)(H,38,51)(H,39,54)(H,40,53)(H,41,56)(H,42,55)(H,49,50)/t13-,14-,15-,16-,17-,18-/m0/s1. The summed E-state index contributed by atoms with van der Waals surface area (Å²) in [5.74, 6) is -12.7. The molecule has 26 nitrogen and oxygen atoms in total. The van der Waals surface area contributed by atoms with E-state index in [1.165, 1.54) is 0 Å². The maximum Gasteiger partial charge on any atom is 0.322 e. The summed E-state index contributed by atoms with van der Waals surface area (Å²) in [6, 6.07) is -9.74. The van der Waals surface area contributed by atoms with Gasteiger partial charge in [-0.2, -0.15) is 0 Å². The summed E-state index contributed by atoms with van der Waals surface area (Å²) in [6.45, 7) is -1.69. The summed E-state index contributed by atoms with van der Waals surface area (Å²) in [7, 11) is 0. The van der Waals surface area contributed by atoms with Crippen molar-refractivity contribution in [2.75, 3.05) is 13.2 Å². The molecule has 0 unspecified atom stereocenters. The zero-order chi connectivity index (χ0) is 43.1. The Kier molecular flexibility index (Phi) is 22.6. The smallest absolute Gasteiger partial charge is 0.322 e. The lowest BCUT2D eigenvalue weighted by Gasteiger charge is -2.27. The number of amides is 11. The summed E-state index contributed by atoms with van der Waals surface area (Å²) in [4.78, 5) is 147. The highest BCUT2D eigenvalue weighted by Crippen LogP contribution is 2.08. The van der Waals surface area contributed by atoms with Crippen molar-refractivity contribution in [1.29, 1.82) is 0 Å². The fourth-order valence-corrected chi connectivity index (χ4v) is 4.51. The van der Waals surface area contributed by atoms with Crippen molar-refractivity contribution in [3.8, 4) is 0 Å². The number of aliphatic carboxylic acids is 1. The molecule has 0 radical (unpaired) electrons. The van der Waals surface area contributed by atoms with Crippen LogP contribution in [0.15, 0.2) is 0 Å². The molecule has 0 saturated carbocycles. The highest BCUT2D eigenvalue weighted by atomic mass is 16.4. The number of carbonyl (C=O) groups excluding carboxylic acids is 11. The van der Waals surface area contributed by atoms with Crippen molar-refractivity contribution in [3.63, 3.8) is 0 Å². The molecule has 20 N–H and O–H groups in total. The van der Waals surface area contributed by atoms with Crippen LogP contribution in [0.2, 0.25) is 0 Å². The molecule has 0 bridgehead atoms. The molecular weight excluding hydrogens is 752 g/mol. The summed E-state index contributed by atoms with van der Waals surface area (Å²) in [6.07, 6.45) is -4.82. The Bertz CT molecular complexity index is 1490. The first-order chi connectivity index (χ1) is 26.1. The predicted molar refractivity (Wildman–Crippen MR) is 188 cm³/mol. The lowest BCUT2D eigenvalue weighted by Crippen LogP contribution is -2.60. The summed E-state index contributed by atoms with van der Waals surface area (Å²) >= 11 is 0. The second-order valence-corrected chi connectivity index (χ2v) is 12.2. The Morgan fingerprint density at radius 1 is 0.411 bits per heavy atom. The highest BCUT2D eigenvalue weighted by Gasteiger charge is 2.33. The summed E-state index contributed by atoms with van der Waals surface area (Å²) in [5, 5.41) is 31.3. The minimum Gasteiger partial charge on any atom is -0.480 e. The monoisotopic (exact) mass is 802 g/mol. The molecule has 11 amide bonds. The first kappa shape index (κ1) is 49.6. The largest absolute Gasteiger partial charge is 0.480 e. The Morgan fingerprint density at radius 2 is 0.643 bits per heavy atom. The Balaban J connectivity index is 6.50. The molecule has 26 heteroatoms. The number of carbonyl (C=O) groups is 12. The van der Waals surface area contributed by atoms with Gasteiger partial charge < -0.3 is 76.5 Å². The zero-order valence-electron chi connectivity index (χ0n) is 30.2. The van der Waals surface area contributed by atoms with Gasteiger partial charge in [0.2, 0.25) is 65.0 Å². The predicted octanol–water partition coefficient (Wildman–Crippen LogP) is -8.74. The molecule has 0 aromatic carbocycles. The zero-order valence-corrected chi connectivity index (χ0v) is 30.2. The maximum atomic E-state index is 13.6. The molecule has 0 aliphatic carbocycles. The van der Waals surface area contributed by atoms with Crippen LogP contribution in [0, 0.1) is 0 Å². The average molecular weight is 803 g/mol.